The molecule has 0 aliphatic carbocycles. The van der Waals surface area contributed by atoms with Gasteiger partial charge in [-0.3, -0.25) is 4.79 Å². The van der Waals surface area contributed by atoms with Crippen LogP contribution in [0.3, 0.4) is 0 Å². The summed E-state index contributed by atoms with van der Waals surface area (Å²) in [6, 6.07) is 10.1. The Morgan fingerprint density at radius 1 is 1.26 bits per heavy atom. The fourth-order valence-corrected chi connectivity index (χ4v) is 4.13. The molecule has 2 aromatic rings. The molecule has 3 fully saturated rings. The fraction of sp³-hybridized carbons (Fsp3) is 0.412. The van der Waals surface area contributed by atoms with E-state index in [0.717, 1.165) is 24.5 Å². The smallest absolute Gasteiger partial charge is 0.307 e. The summed E-state index contributed by atoms with van der Waals surface area (Å²) in [5.41, 5.74) is 0. The monoisotopic (exact) mass is 329 g/mol. The highest BCUT2D eigenvalue weighted by atomic mass is 32.2. The molecule has 23 heavy (non-hydrogen) atoms. The number of hydrogen-bond donors (Lipinski definition) is 1. The average molecular weight is 329 g/mol. The molecule has 3 aliphatic heterocycles. The zero-order valence-electron chi connectivity index (χ0n) is 12.8. The second kappa shape index (κ2) is 6.37. The normalized spacial score (nSPS) is 26.2. The van der Waals surface area contributed by atoms with Crippen molar-refractivity contribution in [3.8, 4) is 0 Å². The molecule has 5 rings (SSSR count). The lowest BCUT2D eigenvalue weighted by atomic mass is 9.84. The number of nitrogens with one attached hydrogen (secondary N) is 1. The summed E-state index contributed by atoms with van der Waals surface area (Å²) in [7, 11) is 0. The van der Waals surface area contributed by atoms with Gasteiger partial charge in [0.1, 0.15) is 0 Å². The minimum atomic E-state index is -0.205. The van der Waals surface area contributed by atoms with Crippen LogP contribution in [-0.4, -0.2) is 41.5 Å². The topological polar surface area (TPSA) is 58.4 Å². The lowest BCUT2D eigenvalue weighted by Crippen LogP contribution is -2.57. The first-order valence-corrected chi connectivity index (χ1v) is 8.81. The summed E-state index contributed by atoms with van der Waals surface area (Å²) in [6.45, 7) is 3.27. The summed E-state index contributed by atoms with van der Waals surface area (Å²) < 4.78 is 5.60. The van der Waals surface area contributed by atoms with E-state index in [1.54, 1.807) is 6.20 Å². The van der Waals surface area contributed by atoms with Crippen molar-refractivity contribution in [1.82, 2.24) is 15.2 Å². The number of piperidine rings is 3. The van der Waals surface area contributed by atoms with Crippen LogP contribution < -0.4 is 5.32 Å². The van der Waals surface area contributed by atoms with E-state index < -0.39 is 0 Å². The van der Waals surface area contributed by atoms with Crippen LogP contribution in [0.4, 0.5) is 0 Å². The van der Waals surface area contributed by atoms with Gasteiger partial charge >= 0.3 is 5.91 Å². The Kier molecular flexibility index (Phi) is 4.10. The molecule has 0 spiro atoms. The summed E-state index contributed by atoms with van der Waals surface area (Å²) in [6.07, 6.45) is 3.96. The molecule has 1 atom stereocenters. The lowest BCUT2D eigenvalue weighted by molar-refractivity contribution is 0.0599. The molecular weight excluding hydrogens is 310 g/mol. The van der Waals surface area contributed by atoms with E-state index in [1.807, 2.05) is 30.3 Å². The Balaban J connectivity index is 1.39. The Morgan fingerprint density at radius 2 is 2.04 bits per heavy atom. The molecule has 1 N–H and O–H groups in total. The molecule has 5 nitrogen and oxygen atoms in total. The van der Waals surface area contributed by atoms with Gasteiger partial charge in [-0.05, 0) is 44.0 Å². The Bertz CT molecular complexity index is 680. The third kappa shape index (κ3) is 3.28. The molecule has 6 heteroatoms. The van der Waals surface area contributed by atoms with Crippen molar-refractivity contribution in [3.63, 3.8) is 0 Å². The molecule has 0 unspecified atom stereocenters. The van der Waals surface area contributed by atoms with Crippen LogP contribution in [0.5, 0.6) is 0 Å². The van der Waals surface area contributed by atoms with E-state index in [-0.39, 0.29) is 17.8 Å². The molecule has 3 aliphatic rings. The highest BCUT2D eigenvalue weighted by Crippen LogP contribution is 2.29. The number of aromatic nitrogens is 1. The molecule has 4 heterocycles. The standard InChI is InChI=1S/C17H19N3O2S/c21-16(19-14-11-20-8-6-12(14)7-9-20)17-18-10-15(22-17)23-13-4-2-1-3-5-13/h1-5,10,12,14H,6-9,11H2,(H,19,21)/t14-/m0/s1. The van der Waals surface area contributed by atoms with Gasteiger partial charge in [0.2, 0.25) is 0 Å². The van der Waals surface area contributed by atoms with Crippen molar-refractivity contribution >= 4 is 17.7 Å². The van der Waals surface area contributed by atoms with Crippen molar-refractivity contribution in [2.24, 2.45) is 5.92 Å². The largest absolute Gasteiger partial charge is 0.425 e. The van der Waals surface area contributed by atoms with E-state index in [1.165, 1.54) is 24.6 Å². The van der Waals surface area contributed by atoms with Crippen LogP contribution in [0, 0.1) is 5.92 Å². The van der Waals surface area contributed by atoms with Crippen LogP contribution in [0.1, 0.15) is 23.5 Å². The van der Waals surface area contributed by atoms with E-state index in [4.69, 9.17) is 4.42 Å². The molecule has 0 saturated carbocycles. The summed E-state index contributed by atoms with van der Waals surface area (Å²) in [5.74, 6) is 0.542. The molecule has 1 aromatic carbocycles. The van der Waals surface area contributed by atoms with Gasteiger partial charge in [0, 0.05) is 17.5 Å². The zero-order valence-corrected chi connectivity index (χ0v) is 13.6. The van der Waals surface area contributed by atoms with Crippen LogP contribution in [0.2, 0.25) is 0 Å². The van der Waals surface area contributed by atoms with Gasteiger partial charge in [-0.25, -0.2) is 4.98 Å². The molecule has 1 amide bonds. The Hall–Kier alpha value is -1.79. The highest BCUT2D eigenvalue weighted by molar-refractivity contribution is 7.99. The number of nitrogens with zero attached hydrogens (tertiary/aromatic N) is 2. The van der Waals surface area contributed by atoms with Crippen molar-refractivity contribution in [2.75, 3.05) is 19.6 Å². The summed E-state index contributed by atoms with van der Waals surface area (Å²) >= 11 is 1.47. The summed E-state index contributed by atoms with van der Waals surface area (Å²) in [4.78, 5) is 20.0. The second-order valence-corrected chi connectivity index (χ2v) is 7.20. The van der Waals surface area contributed by atoms with Crippen molar-refractivity contribution in [1.29, 1.82) is 0 Å². The van der Waals surface area contributed by atoms with Gasteiger partial charge in [-0.15, -0.1) is 0 Å². The van der Waals surface area contributed by atoms with E-state index in [9.17, 15) is 4.79 Å². The van der Waals surface area contributed by atoms with Gasteiger partial charge in [0.05, 0.1) is 6.20 Å². The number of rotatable bonds is 4. The number of benzene rings is 1. The number of amides is 1. The maximum atomic E-state index is 12.4. The van der Waals surface area contributed by atoms with E-state index in [2.05, 4.69) is 15.2 Å². The zero-order chi connectivity index (χ0) is 15.6. The van der Waals surface area contributed by atoms with Gasteiger partial charge in [0.25, 0.3) is 5.89 Å². The summed E-state index contributed by atoms with van der Waals surface area (Å²) in [5, 5.41) is 3.73. The predicted octanol–water partition coefficient (Wildman–Crippen LogP) is 2.65. The maximum Gasteiger partial charge on any atom is 0.307 e. The van der Waals surface area contributed by atoms with Crippen molar-refractivity contribution in [2.45, 2.75) is 28.9 Å². The first kappa shape index (κ1) is 14.8. The predicted molar refractivity (Wildman–Crippen MR) is 87.5 cm³/mol. The van der Waals surface area contributed by atoms with Crippen LogP contribution in [0.25, 0.3) is 0 Å². The number of carbonyl (C=O) groups excluding carboxylic acids is 1. The average Bonchev–Trinajstić information content (AvgIpc) is 3.05. The molecule has 3 saturated heterocycles. The van der Waals surface area contributed by atoms with Gasteiger partial charge in [-0.1, -0.05) is 30.0 Å². The Morgan fingerprint density at radius 3 is 2.74 bits per heavy atom. The number of hydrogen-bond acceptors (Lipinski definition) is 5. The van der Waals surface area contributed by atoms with Crippen molar-refractivity contribution in [3.05, 3.63) is 42.4 Å². The Labute approximate surface area is 139 Å². The SMILES string of the molecule is O=C(N[C@H]1CN2CCC1CC2)c1ncc(Sc2ccccc2)o1. The van der Waals surface area contributed by atoms with Gasteiger partial charge in [-0.2, -0.15) is 0 Å². The third-order valence-corrected chi connectivity index (χ3v) is 5.51. The maximum absolute atomic E-state index is 12.4. The lowest BCUT2D eigenvalue weighted by Gasteiger charge is -2.44. The molecular formula is C17H19N3O2S. The first-order valence-electron chi connectivity index (χ1n) is 8.00. The minimum absolute atomic E-state index is 0.153. The van der Waals surface area contributed by atoms with E-state index in [0.29, 0.717) is 11.0 Å². The van der Waals surface area contributed by atoms with E-state index >= 15 is 0 Å². The van der Waals surface area contributed by atoms with Crippen LogP contribution >= 0.6 is 11.8 Å². The fourth-order valence-electron chi connectivity index (χ4n) is 3.37. The van der Waals surface area contributed by atoms with Crippen LogP contribution in [0.15, 0.2) is 50.9 Å². The third-order valence-electron chi connectivity index (χ3n) is 4.61. The molecule has 1 aromatic heterocycles. The number of oxazole rings is 1. The molecule has 2 bridgehead atoms. The number of carbonyl (C=O) groups is 1. The molecule has 0 radical (unpaired) electrons. The first-order chi connectivity index (χ1) is 11.3. The minimum Gasteiger partial charge on any atom is -0.425 e. The second-order valence-electron chi connectivity index (χ2n) is 6.12. The van der Waals surface area contributed by atoms with Crippen LogP contribution in [-0.2, 0) is 0 Å². The molecule has 120 valence electrons. The van der Waals surface area contributed by atoms with Gasteiger partial charge < -0.3 is 14.6 Å². The number of fused-ring (bicyclic) bond motifs is 3. The van der Waals surface area contributed by atoms with Crippen molar-refractivity contribution < 1.29 is 9.21 Å². The highest BCUT2D eigenvalue weighted by Gasteiger charge is 2.35. The van der Waals surface area contributed by atoms with Gasteiger partial charge in [0.15, 0.2) is 5.09 Å². The quantitative estimate of drug-likeness (QED) is 0.934.